The van der Waals surface area contributed by atoms with Crippen LogP contribution in [0.1, 0.15) is 0 Å². The maximum absolute atomic E-state index is 13.2. The first kappa shape index (κ1) is 18.9. The zero-order valence-electron chi connectivity index (χ0n) is 16.9. The highest BCUT2D eigenvalue weighted by atomic mass is 16.6. The highest BCUT2D eigenvalue weighted by Gasteiger charge is 2.19. The molecule has 0 fully saturated rings. The van der Waals surface area contributed by atoms with Crippen molar-refractivity contribution in [3.63, 3.8) is 0 Å². The Bertz CT molecular complexity index is 1640. The molecule has 0 amide bonds. The van der Waals surface area contributed by atoms with Crippen molar-refractivity contribution in [3.8, 4) is 28.6 Å². The van der Waals surface area contributed by atoms with E-state index in [9.17, 15) is 14.9 Å². The molecule has 3 aromatic heterocycles. The van der Waals surface area contributed by atoms with Crippen molar-refractivity contribution < 1.29 is 14.4 Å². The van der Waals surface area contributed by atoms with Gasteiger partial charge in [0.25, 0.3) is 17.0 Å². The van der Waals surface area contributed by atoms with Gasteiger partial charge in [-0.05, 0) is 30.3 Å². The maximum atomic E-state index is 13.2. The fourth-order valence-electron chi connectivity index (χ4n) is 3.84. The Kier molecular flexibility index (Phi) is 4.09. The Hall–Kier alpha value is -4.80. The Morgan fingerprint density at radius 1 is 1.03 bits per heavy atom. The topological polar surface area (TPSA) is 127 Å². The summed E-state index contributed by atoms with van der Waals surface area (Å²) in [7, 11) is 0. The third-order valence-electron chi connectivity index (χ3n) is 5.37. The van der Waals surface area contributed by atoms with Crippen molar-refractivity contribution in [2.24, 2.45) is 0 Å². The number of fused-ring (bicyclic) bond motifs is 4. The first-order valence-corrected chi connectivity index (χ1v) is 10.0. The van der Waals surface area contributed by atoms with Gasteiger partial charge in [0.05, 0.1) is 15.8 Å². The van der Waals surface area contributed by atoms with Crippen molar-refractivity contribution in [3.05, 3.63) is 81.4 Å². The second kappa shape index (κ2) is 7.12. The van der Waals surface area contributed by atoms with Gasteiger partial charge in [-0.2, -0.15) is 9.50 Å². The molecule has 11 nitrogen and oxygen atoms in total. The fourth-order valence-corrected chi connectivity index (χ4v) is 3.84. The third-order valence-corrected chi connectivity index (χ3v) is 5.37. The van der Waals surface area contributed by atoms with Gasteiger partial charge in [-0.15, -0.1) is 5.10 Å². The predicted molar refractivity (Wildman–Crippen MR) is 117 cm³/mol. The summed E-state index contributed by atoms with van der Waals surface area (Å²) < 4.78 is 13.9. The zero-order valence-corrected chi connectivity index (χ0v) is 16.9. The van der Waals surface area contributed by atoms with Gasteiger partial charge in [0.1, 0.15) is 18.9 Å². The monoisotopic (exact) mass is 442 g/mol. The number of rotatable bonds is 3. The van der Waals surface area contributed by atoms with Gasteiger partial charge in [0.2, 0.25) is 0 Å². The molecule has 162 valence electrons. The molecule has 2 aromatic carbocycles. The standard InChI is InChI=1S/C22H14N6O5/c29-21-14-12-23-22-24-20(13-5-6-18-19(11-13)33-10-9-32-18)25-27(22)15(14)7-8-26(21)16-3-1-2-4-17(16)28(30)31/h1-8,11-12H,9-10H2. The molecule has 0 saturated heterocycles. The van der Waals surface area contributed by atoms with Gasteiger partial charge < -0.3 is 9.47 Å². The third kappa shape index (κ3) is 2.97. The second-order valence-electron chi connectivity index (χ2n) is 7.30. The van der Waals surface area contributed by atoms with E-state index >= 15 is 0 Å². The van der Waals surface area contributed by atoms with E-state index in [0.29, 0.717) is 47.4 Å². The predicted octanol–water partition coefficient (Wildman–Crippen LogP) is 2.77. The van der Waals surface area contributed by atoms with E-state index in [1.165, 1.54) is 33.6 Å². The summed E-state index contributed by atoms with van der Waals surface area (Å²) in [5.74, 6) is 2.00. The molecule has 33 heavy (non-hydrogen) atoms. The van der Waals surface area contributed by atoms with Gasteiger partial charge in [-0.25, -0.2) is 4.98 Å². The van der Waals surface area contributed by atoms with Crippen LogP contribution in [0.25, 0.3) is 33.8 Å². The molecule has 0 N–H and O–H groups in total. The molecule has 0 bridgehead atoms. The van der Waals surface area contributed by atoms with Crippen LogP contribution in [0.5, 0.6) is 11.5 Å². The van der Waals surface area contributed by atoms with Crippen LogP contribution < -0.4 is 15.0 Å². The molecule has 0 aliphatic carbocycles. The number of nitro benzene ring substituents is 1. The number of aromatic nitrogens is 5. The van der Waals surface area contributed by atoms with Crippen LogP contribution in [0.3, 0.4) is 0 Å². The number of hydrogen-bond acceptors (Lipinski definition) is 8. The minimum absolute atomic E-state index is 0.171. The van der Waals surface area contributed by atoms with Gasteiger partial charge in [-0.3, -0.25) is 19.5 Å². The number of hydrogen-bond donors (Lipinski definition) is 0. The summed E-state index contributed by atoms with van der Waals surface area (Å²) >= 11 is 0. The average molecular weight is 442 g/mol. The first-order chi connectivity index (χ1) is 16.1. The largest absolute Gasteiger partial charge is 0.486 e. The van der Waals surface area contributed by atoms with E-state index in [1.807, 2.05) is 6.07 Å². The SMILES string of the molecule is O=c1c2cnc3nc(-c4ccc5c(c4)OCCO5)nn3c2ccn1-c1ccccc1[N+](=O)[O-]. The van der Waals surface area contributed by atoms with Gasteiger partial charge in [0, 0.05) is 24.0 Å². The smallest absolute Gasteiger partial charge is 0.293 e. The fraction of sp³-hybridized carbons (Fsp3) is 0.0909. The van der Waals surface area contributed by atoms with Crippen LogP contribution in [0.15, 0.2) is 65.7 Å². The maximum Gasteiger partial charge on any atom is 0.293 e. The molecular formula is C22H14N6O5. The number of nitro groups is 1. The first-order valence-electron chi connectivity index (χ1n) is 10.0. The lowest BCUT2D eigenvalue weighted by Gasteiger charge is -2.18. The number of benzene rings is 2. The summed E-state index contributed by atoms with van der Waals surface area (Å²) in [5, 5.41) is 16.2. The van der Waals surface area contributed by atoms with Gasteiger partial charge >= 0.3 is 0 Å². The molecule has 1 aliphatic heterocycles. The van der Waals surface area contributed by atoms with Crippen LogP contribution in [0, 0.1) is 10.1 Å². The molecule has 4 heterocycles. The van der Waals surface area contributed by atoms with E-state index in [0.717, 1.165) is 0 Å². The molecule has 11 heteroatoms. The molecule has 5 aromatic rings. The van der Waals surface area contributed by atoms with E-state index in [4.69, 9.17) is 9.47 Å². The lowest BCUT2D eigenvalue weighted by atomic mass is 10.2. The molecule has 0 atom stereocenters. The van der Waals surface area contributed by atoms with Gasteiger partial charge in [0.15, 0.2) is 17.3 Å². The lowest BCUT2D eigenvalue weighted by molar-refractivity contribution is -0.384. The molecule has 0 unspecified atom stereocenters. The number of para-hydroxylation sites is 2. The van der Waals surface area contributed by atoms with Crippen molar-refractivity contribution in [1.82, 2.24) is 24.1 Å². The molecule has 0 radical (unpaired) electrons. The lowest BCUT2D eigenvalue weighted by Crippen LogP contribution is -2.19. The Balaban J connectivity index is 1.50. The molecule has 0 saturated carbocycles. The summed E-state index contributed by atoms with van der Waals surface area (Å²) in [6, 6.07) is 13.1. The van der Waals surface area contributed by atoms with Crippen LogP contribution in [-0.4, -0.2) is 42.3 Å². The second-order valence-corrected chi connectivity index (χ2v) is 7.30. The minimum Gasteiger partial charge on any atom is -0.486 e. The zero-order chi connectivity index (χ0) is 22.5. The molecule has 0 spiro atoms. The van der Waals surface area contributed by atoms with E-state index < -0.39 is 10.5 Å². The van der Waals surface area contributed by atoms with Crippen molar-refractivity contribution in [2.45, 2.75) is 0 Å². The van der Waals surface area contributed by atoms with Crippen molar-refractivity contribution in [1.29, 1.82) is 0 Å². The number of ether oxygens (including phenoxy) is 2. The van der Waals surface area contributed by atoms with Crippen LogP contribution in [0.4, 0.5) is 5.69 Å². The number of nitrogens with zero attached hydrogens (tertiary/aromatic N) is 6. The highest BCUT2D eigenvalue weighted by molar-refractivity contribution is 5.80. The average Bonchev–Trinajstić information content (AvgIpc) is 3.29. The Labute approximate surface area is 184 Å². The normalized spacial score (nSPS) is 12.8. The molecular weight excluding hydrogens is 428 g/mol. The van der Waals surface area contributed by atoms with E-state index in [-0.39, 0.29) is 16.8 Å². The van der Waals surface area contributed by atoms with Crippen molar-refractivity contribution in [2.75, 3.05) is 13.2 Å². The summed E-state index contributed by atoms with van der Waals surface area (Å²) in [6.07, 6.45) is 2.89. The van der Waals surface area contributed by atoms with Crippen LogP contribution in [-0.2, 0) is 0 Å². The van der Waals surface area contributed by atoms with E-state index in [1.54, 1.807) is 30.3 Å². The summed E-state index contributed by atoms with van der Waals surface area (Å²) in [4.78, 5) is 32.8. The van der Waals surface area contributed by atoms with E-state index in [2.05, 4.69) is 15.1 Å². The van der Waals surface area contributed by atoms with Crippen LogP contribution >= 0.6 is 0 Å². The number of pyridine rings is 1. The summed E-state index contributed by atoms with van der Waals surface area (Å²) in [5.41, 5.74) is 0.745. The minimum atomic E-state index is -0.523. The summed E-state index contributed by atoms with van der Waals surface area (Å²) in [6.45, 7) is 0.964. The highest BCUT2D eigenvalue weighted by Crippen LogP contribution is 2.33. The molecule has 1 aliphatic rings. The van der Waals surface area contributed by atoms with Gasteiger partial charge in [-0.1, -0.05) is 12.1 Å². The van der Waals surface area contributed by atoms with Crippen LogP contribution in [0.2, 0.25) is 0 Å². The Morgan fingerprint density at radius 2 is 1.85 bits per heavy atom. The quantitative estimate of drug-likeness (QED) is 0.308. The Morgan fingerprint density at radius 3 is 2.70 bits per heavy atom. The molecule has 6 rings (SSSR count). The van der Waals surface area contributed by atoms with Crippen molar-refractivity contribution >= 4 is 22.4 Å².